The number of rotatable bonds is 6. The lowest BCUT2D eigenvalue weighted by Crippen LogP contribution is -2.45. The van der Waals surface area contributed by atoms with Crippen molar-refractivity contribution in [3.05, 3.63) is 28.8 Å². The Labute approximate surface area is 128 Å². The topological polar surface area (TPSA) is 55.4 Å². The van der Waals surface area contributed by atoms with Gasteiger partial charge in [0.25, 0.3) is 0 Å². The summed E-state index contributed by atoms with van der Waals surface area (Å²) in [6, 6.07) is 3.64. The minimum Gasteiger partial charge on any atom is -0.496 e. The van der Waals surface area contributed by atoms with Crippen LogP contribution >= 0.6 is 0 Å². The Morgan fingerprint density at radius 2 is 1.86 bits per heavy atom. The van der Waals surface area contributed by atoms with Gasteiger partial charge < -0.3 is 10.1 Å². The summed E-state index contributed by atoms with van der Waals surface area (Å²) in [4.78, 5) is 0. The molecular weight excluding hydrogens is 286 g/mol. The lowest BCUT2D eigenvalue weighted by molar-refractivity contribution is 0.376. The van der Waals surface area contributed by atoms with Crippen molar-refractivity contribution in [2.45, 2.75) is 45.4 Å². The predicted molar refractivity (Wildman–Crippen MR) is 87.8 cm³/mol. The number of hydrogen-bond acceptors (Lipinski definition) is 4. The zero-order chi connectivity index (χ0) is 16.4. The third kappa shape index (κ3) is 3.40. The highest BCUT2D eigenvalue weighted by atomic mass is 32.2. The summed E-state index contributed by atoms with van der Waals surface area (Å²) in [5.41, 5.74) is 3.06. The lowest BCUT2D eigenvalue weighted by atomic mass is 9.91. The molecule has 120 valence electrons. The van der Waals surface area contributed by atoms with Crippen LogP contribution in [0, 0.1) is 13.8 Å². The van der Waals surface area contributed by atoms with Gasteiger partial charge in [0.1, 0.15) is 5.75 Å². The van der Waals surface area contributed by atoms with Crippen LogP contribution in [0.25, 0.3) is 0 Å². The Morgan fingerprint density at radius 3 is 2.29 bits per heavy atom. The number of ether oxygens (including phenoxy) is 1. The number of methoxy groups -OCH3 is 1. The second-order valence-electron chi connectivity index (χ2n) is 6.00. The highest BCUT2D eigenvalue weighted by Crippen LogP contribution is 2.39. The molecule has 0 amide bonds. The van der Waals surface area contributed by atoms with Crippen LogP contribution in [0.3, 0.4) is 0 Å². The monoisotopic (exact) mass is 313 g/mol. The van der Waals surface area contributed by atoms with Gasteiger partial charge in [0, 0.05) is 11.8 Å². The molecule has 0 aliphatic heterocycles. The summed E-state index contributed by atoms with van der Waals surface area (Å²) in [5.74, 6) is 0.762. The van der Waals surface area contributed by atoms with Gasteiger partial charge in [-0.15, -0.1) is 0 Å². The summed E-state index contributed by atoms with van der Waals surface area (Å²) >= 11 is 0. The first-order valence-electron chi connectivity index (χ1n) is 7.15. The van der Waals surface area contributed by atoms with Crippen LogP contribution in [-0.2, 0) is 9.84 Å². The van der Waals surface area contributed by atoms with E-state index < -0.39 is 14.6 Å². The van der Waals surface area contributed by atoms with Gasteiger partial charge in [-0.3, -0.25) is 0 Å². The van der Waals surface area contributed by atoms with Crippen molar-refractivity contribution in [1.82, 2.24) is 5.32 Å². The van der Waals surface area contributed by atoms with Crippen LogP contribution in [0.1, 0.15) is 43.5 Å². The standard InChI is InChI=1S/C16H27NO3S/c1-8-17-15(16(4,5)21(7,18)19)13-10-9-11(2)12(3)14(13)20-6/h9-10,15,17H,8H2,1-7H3. The summed E-state index contributed by atoms with van der Waals surface area (Å²) in [6.45, 7) is 10.2. The molecule has 0 aliphatic carbocycles. The zero-order valence-electron chi connectivity index (χ0n) is 14.1. The highest BCUT2D eigenvalue weighted by Gasteiger charge is 2.41. The van der Waals surface area contributed by atoms with Crippen molar-refractivity contribution in [2.75, 3.05) is 19.9 Å². The van der Waals surface area contributed by atoms with Crippen molar-refractivity contribution >= 4 is 9.84 Å². The van der Waals surface area contributed by atoms with E-state index >= 15 is 0 Å². The largest absolute Gasteiger partial charge is 0.496 e. The molecule has 0 spiro atoms. The molecule has 0 heterocycles. The molecule has 0 radical (unpaired) electrons. The second kappa shape index (κ2) is 6.36. The van der Waals surface area contributed by atoms with Crippen LogP contribution in [0.5, 0.6) is 5.75 Å². The minimum absolute atomic E-state index is 0.327. The van der Waals surface area contributed by atoms with Crippen LogP contribution in [0.15, 0.2) is 12.1 Å². The van der Waals surface area contributed by atoms with Crippen LogP contribution in [-0.4, -0.2) is 33.1 Å². The number of sulfone groups is 1. The van der Waals surface area contributed by atoms with E-state index in [1.54, 1.807) is 21.0 Å². The summed E-state index contributed by atoms with van der Waals surface area (Å²) in [5, 5.41) is 3.31. The molecular formula is C16H27NO3S. The van der Waals surface area contributed by atoms with E-state index in [1.165, 1.54) is 6.26 Å². The molecule has 0 aliphatic rings. The number of nitrogens with one attached hydrogen (secondary N) is 1. The number of benzene rings is 1. The van der Waals surface area contributed by atoms with Gasteiger partial charge in [0.05, 0.1) is 17.9 Å². The molecule has 0 fully saturated rings. The van der Waals surface area contributed by atoms with Gasteiger partial charge in [-0.25, -0.2) is 8.42 Å². The Hall–Kier alpha value is -1.07. The first-order chi connectivity index (χ1) is 9.57. The lowest BCUT2D eigenvalue weighted by Gasteiger charge is -2.35. The molecule has 1 unspecified atom stereocenters. The van der Waals surface area contributed by atoms with E-state index in [0.717, 1.165) is 22.4 Å². The van der Waals surface area contributed by atoms with Gasteiger partial charge in [-0.2, -0.15) is 0 Å². The van der Waals surface area contributed by atoms with E-state index in [-0.39, 0.29) is 6.04 Å². The minimum atomic E-state index is -3.24. The molecule has 21 heavy (non-hydrogen) atoms. The Bertz CT molecular complexity index is 606. The van der Waals surface area contributed by atoms with Crippen LogP contribution < -0.4 is 10.1 Å². The van der Waals surface area contributed by atoms with Crippen molar-refractivity contribution in [1.29, 1.82) is 0 Å². The van der Waals surface area contributed by atoms with E-state index in [0.29, 0.717) is 6.54 Å². The molecule has 1 rings (SSSR count). The summed E-state index contributed by atoms with van der Waals surface area (Å²) in [7, 11) is -1.61. The quantitative estimate of drug-likeness (QED) is 0.877. The maximum Gasteiger partial charge on any atom is 0.154 e. The summed E-state index contributed by atoms with van der Waals surface area (Å²) in [6.07, 6.45) is 1.28. The third-order valence-corrected chi connectivity index (χ3v) is 6.43. The van der Waals surface area contributed by atoms with Crippen LogP contribution in [0.2, 0.25) is 0 Å². The number of hydrogen-bond donors (Lipinski definition) is 1. The normalized spacial score (nSPS) is 14.0. The average Bonchev–Trinajstić information content (AvgIpc) is 2.38. The zero-order valence-corrected chi connectivity index (χ0v) is 14.9. The highest BCUT2D eigenvalue weighted by molar-refractivity contribution is 7.92. The van der Waals surface area contributed by atoms with Gasteiger partial charge in [-0.1, -0.05) is 19.1 Å². The fraction of sp³-hybridized carbons (Fsp3) is 0.625. The van der Waals surface area contributed by atoms with Gasteiger partial charge in [0.2, 0.25) is 0 Å². The molecule has 5 heteroatoms. The third-order valence-electron chi connectivity index (χ3n) is 4.28. The molecule has 1 atom stereocenters. The van der Waals surface area contributed by atoms with Gasteiger partial charge in [0.15, 0.2) is 9.84 Å². The molecule has 0 saturated heterocycles. The fourth-order valence-corrected chi connectivity index (χ4v) is 3.10. The molecule has 0 bridgehead atoms. The number of aryl methyl sites for hydroxylation is 1. The molecule has 0 saturated carbocycles. The Balaban J connectivity index is 3.54. The molecule has 1 N–H and O–H groups in total. The molecule has 4 nitrogen and oxygen atoms in total. The molecule has 0 aromatic heterocycles. The van der Waals surface area contributed by atoms with E-state index in [1.807, 2.05) is 32.9 Å². The Morgan fingerprint density at radius 1 is 1.29 bits per heavy atom. The second-order valence-corrected chi connectivity index (χ2v) is 8.59. The van der Waals surface area contributed by atoms with E-state index in [2.05, 4.69) is 5.32 Å². The first kappa shape index (κ1) is 18.0. The SMILES string of the molecule is CCNC(c1ccc(C)c(C)c1OC)C(C)(C)S(C)(=O)=O. The van der Waals surface area contributed by atoms with Crippen molar-refractivity contribution in [3.8, 4) is 5.75 Å². The maximum absolute atomic E-state index is 12.2. The van der Waals surface area contributed by atoms with Crippen molar-refractivity contribution in [2.24, 2.45) is 0 Å². The van der Waals surface area contributed by atoms with Crippen molar-refractivity contribution in [3.63, 3.8) is 0 Å². The maximum atomic E-state index is 12.2. The smallest absolute Gasteiger partial charge is 0.154 e. The van der Waals surface area contributed by atoms with Gasteiger partial charge >= 0.3 is 0 Å². The average molecular weight is 313 g/mol. The fourth-order valence-electron chi connectivity index (χ4n) is 2.46. The Kier molecular flexibility index (Phi) is 5.45. The summed E-state index contributed by atoms with van der Waals surface area (Å²) < 4.78 is 29.1. The first-order valence-corrected chi connectivity index (χ1v) is 9.04. The molecule has 1 aromatic carbocycles. The van der Waals surface area contributed by atoms with Crippen LogP contribution in [0.4, 0.5) is 0 Å². The predicted octanol–water partition coefficient (Wildman–Crippen LogP) is 2.79. The van der Waals surface area contributed by atoms with Gasteiger partial charge in [-0.05, 0) is 45.4 Å². The van der Waals surface area contributed by atoms with Crippen molar-refractivity contribution < 1.29 is 13.2 Å². The van der Waals surface area contributed by atoms with E-state index in [9.17, 15) is 8.42 Å². The van der Waals surface area contributed by atoms with E-state index in [4.69, 9.17) is 4.74 Å². The molecule has 1 aromatic rings.